The first-order valence-corrected chi connectivity index (χ1v) is 7.75. The van der Waals surface area contributed by atoms with E-state index in [-0.39, 0.29) is 24.8 Å². The van der Waals surface area contributed by atoms with Crippen molar-refractivity contribution in [3.05, 3.63) is 29.8 Å². The van der Waals surface area contributed by atoms with Gasteiger partial charge in [-0.2, -0.15) is 0 Å². The Morgan fingerprint density at radius 1 is 1.04 bits per heavy atom. The molecule has 0 bridgehead atoms. The summed E-state index contributed by atoms with van der Waals surface area (Å²) in [5.74, 6) is 0. The third kappa shape index (κ3) is 5.75. The Bertz CT molecular complexity index is 422. The monoisotopic (exact) mass is 369 g/mol. The zero-order valence-corrected chi connectivity index (χ0v) is 15.3. The molecule has 0 amide bonds. The number of halogens is 4. The summed E-state index contributed by atoms with van der Waals surface area (Å²) in [7, 11) is 0. The molecule has 1 heterocycles. The van der Waals surface area contributed by atoms with Crippen molar-refractivity contribution in [3.63, 3.8) is 0 Å². The van der Waals surface area contributed by atoms with Gasteiger partial charge in [-0.1, -0.05) is 12.1 Å². The number of alkyl halides is 2. The van der Waals surface area contributed by atoms with Crippen LogP contribution in [0.1, 0.15) is 25.5 Å². The zero-order valence-electron chi connectivity index (χ0n) is 13.7. The molecule has 2 rings (SSSR count). The fourth-order valence-electron chi connectivity index (χ4n) is 2.95. The highest BCUT2D eigenvalue weighted by Gasteiger charge is 2.29. The van der Waals surface area contributed by atoms with E-state index in [9.17, 15) is 8.78 Å². The van der Waals surface area contributed by atoms with Gasteiger partial charge >= 0.3 is 0 Å². The minimum atomic E-state index is -2.36. The van der Waals surface area contributed by atoms with Crippen molar-refractivity contribution in [2.75, 3.05) is 44.2 Å². The SMILES string of the molecule is CCN(CC)c1ccc([C@H](C(F)F)N2CCNCC2)cc1.Cl.Cl. The predicted octanol–water partition coefficient (Wildman–Crippen LogP) is 3.59. The second-order valence-corrected chi connectivity index (χ2v) is 5.33. The van der Waals surface area contributed by atoms with Crippen LogP contribution in [0.25, 0.3) is 0 Å². The summed E-state index contributed by atoms with van der Waals surface area (Å²) >= 11 is 0. The quantitative estimate of drug-likeness (QED) is 0.826. The second kappa shape index (κ2) is 11.0. The van der Waals surface area contributed by atoms with Crippen LogP contribution >= 0.6 is 24.8 Å². The van der Waals surface area contributed by atoms with E-state index in [4.69, 9.17) is 0 Å². The molecule has 0 radical (unpaired) electrons. The highest BCUT2D eigenvalue weighted by Crippen LogP contribution is 2.29. The van der Waals surface area contributed by atoms with E-state index >= 15 is 0 Å². The lowest BCUT2D eigenvalue weighted by molar-refractivity contribution is 0.0182. The Labute approximate surface area is 150 Å². The number of anilines is 1. The third-order valence-electron chi connectivity index (χ3n) is 4.15. The van der Waals surface area contributed by atoms with Crippen molar-refractivity contribution < 1.29 is 8.78 Å². The first-order valence-electron chi connectivity index (χ1n) is 7.75. The maximum atomic E-state index is 13.5. The van der Waals surface area contributed by atoms with Crippen LogP contribution in [-0.4, -0.2) is 50.6 Å². The first-order chi connectivity index (χ1) is 10.2. The second-order valence-electron chi connectivity index (χ2n) is 5.33. The van der Waals surface area contributed by atoms with Crippen molar-refractivity contribution in [2.24, 2.45) is 0 Å². The number of hydrogen-bond donors (Lipinski definition) is 1. The molecule has 7 heteroatoms. The fraction of sp³-hybridized carbons (Fsp3) is 0.625. The summed E-state index contributed by atoms with van der Waals surface area (Å²) < 4.78 is 27.0. The minimum absolute atomic E-state index is 0. The lowest BCUT2D eigenvalue weighted by Crippen LogP contribution is -2.46. The average molecular weight is 370 g/mol. The van der Waals surface area contributed by atoms with Crippen LogP contribution in [-0.2, 0) is 0 Å². The van der Waals surface area contributed by atoms with Crippen LogP contribution in [0.15, 0.2) is 24.3 Å². The maximum absolute atomic E-state index is 13.5. The van der Waals surface area contributed by atoms with Gasteiger partial charge in [-0.15, -0.1) is 24.8 Å². The largest absolute Gasteiger partial charge is 0.372 e. The summed E-state index contributed by atoms with van der Waals surface area (Å²) in [5, 5.41) is 3.21. The van der Waals surface area contributed by atoms with Gasteiger partial charge in [0.1, 0.15) is 0 Å². The van der Waals surface area contributed by atoms with Gasteiger partial charge in [0.2, 0.25) is 0 Å². The molecule has 0 aliphatic carbocycles. The van der Waals surface area contributed by atoms with E-state index < -0.39 is 12.5 Å². The molecule has 1 aromatic rings. The molecule has 3 nitrogen and oxygen atoms in total. The van der Waals surface area contributed by atoms with E-state index in [0.29, 0.717) is 18.7 Å². The molecule has 1 aromatic carbocycles. The Kier molecular flexibility index (Phi) is 10.7. The summed E-state index contributed by atoms with van der Waals surface area (Å²) in [6.45, 7) is 8.94. The van der Waals surface area contributed by atoms with Gasteiger partial charge in [0.15, 0.2) is 0 Å². The van der Waals surface area contributed by atoms with E-state index in [1.54, 1.807) is 0 Å². The van der Waals surface area contributed by atoms with E-state index in [2.05, 4.69) is 24.1 Å². The predicted molar refractivity (Wildman–Crippen MR) is 97.7 cm³/mol. The van der Waals surface area contributed by atoms with Crippen LogP contribution in [0, 0.1) is 0 Å². The molecule has 134 valence electrons. The molecule has 0 unspecified atom stereocenters. The van der Waals surface area contributed by atoms with Gasteiger partial charge in [-0.25, -0.2) is 8.78 Å². The summed E-state index contributed by atoms with van der Waals surface area (Å²) in [5.41, 5.74) is 1.81. The standard InChI is InChI=1S/C16H25F2N3.2ClH/c1-3-20(4-2)14-7-5-13(6-8-14)15(16(17)18)21-11-9-19-10-12-21;;/h5-8,15-16,19H,3-4,9-12H2,1-2H3;2*1H/t15-;;/m1../s1. The molecule has 1 atom stereocenters. The lowest BCUT2D eigenvalue weighted by Gasteiger charge is -2.34. The molecule has 0 spiro atoms. The Hall–Kier alpha value is -0.620. The van der Waals surface area contributed by atoms with Gasteiger partial charge in [0.25, 0.3) is 6.43 Å². The zero-order chi connectivity index (χ0) is 15.2. The Morgan fingerprint density at radius 3 is 2.00 bits per heavy atom. The van der Waals surface area contributed by atoms with Crippen LogP contribution in [0.4, 0.5) is 14.5 Å². The summed E-state index contributed by atoms with van der Waals surface area (Å²) in [4.78, 5) is 4.10. The molecule has 0 aromatic heterocycles. The van der Waals surface area contributed by atoms with E-state index in [1.807, 2.05) is 29.2 Å². The van der Waals surface area contributed by atoms with Crippen molar-refractivity contribution in [1.82, 2.24) is 10.2 Å². The minimum Gasteiger partial charge on any atom is -0.372 e. The van der Waals surface area contributed by atoms with Gasteiger partial charge in [-0.05, 0) is 31.5 Å². The molecular weight excluding hydrogens is 343 g/mol. The third-order valence-corrected chi connectivity index (χ3v) is 4.15. The van der Waals surface area contributed by atoms with Gasteiger partial charge < -0.3 is 10.2 Å². The average Bonchev–Trinajstić information content (AvgIpc) is 2.51. The number of nitrogens with one attached hydrogen (secondary N) is 1. The molecule has 1 fully saturated rings. The van der Waals surface area contributed by atoms with Crippen molar-refractivity contribution in [2.45, 2.75) is 26.3 Å². The van der Waals surface area contributed by atoms with Crippen molar-refractivity contribution in [1.29, 1.82) is 0 Å². The number of nitrogens with zero attached hydrogens (tertiary/aromatic N) is 2. The van der Waals surface area contributed by atoms with Crippen molar-refractivity contribution >= 4 is 30.5 Å². The highest BCUT2D eigenvalue weighted by molar-refractivity contribution is 5.85. The molecule has 23 heavy (non-hydrogen) atoms. The van der Waals surface area contributed by atoms with Crippen LogP contribution in [0.2, 0.25) is 0 Å². The number of hydrogen-bond acceptors (Lipinski definition) is 3. The lowest BCUT2D eigenvalue weighted by atomic mass is 10.0. The van der Waals surface area contributed by atoms with Gasteiger partial charge in [0, 0.05) is 45.0 Å². The Morgan fingerprint density at radius 2 is 1.57 bits per heavy atom. The van der Waals surface area contributed by atoms with Crippen molar-refractivity contribution in [3.8, 4) is 0 Å². The topological polar surface area (TPSA) is 18.5 Å². The molecule has 0 saturated carbocycles. The smallest absolute Gasteiger partial charge is 0.258 e. The number of rotatable bonds is 6. The summed E-state index contributed by atoms with van der Waals surface area (Å²) in [6, 6.07) is 6.83. The van der Waals surface area contributed by atoms with Crippen LogP contribution in [0.3, 0.4) is 0 Å². The van der Waals surface area contributed by atoms with Crippen LogP contribution < -0.4 is 10.2 Å². The van der Waals surface area contributed by atoms with E-state index in [0.717, 1.165) is 31.9 Å². The molecule has 1 aliphatic heterocycles. The molecule has 1 saturated heterocycles. The molecule has 1 N–H and O–H groups in total. The first kappa shape index (κ1) is 22.4. The van der Waals surface area contributed by atoms with E-state index in [1.165, 1.54) is 0 Å². The molecular formula is C16H27Cl2F2N3. The van der Waals surface area contributed by atoms with Crippen LogP contribution in [0.5, 0.6) is 0 Å². The highest BCUT2D eigenvalue weighted by atomic mass is 35.5. The van der Waals surface area contributed by atoms with Gasteiger partial charge in [-0.3, -0.25) is 4.90 Å². The summed E-state index contributed by atoms with van der Waals surface area (Å²) in [6.07, 6.45) is -2.36. The number of piperazine rings is 1. The molecule has 1 aliphatic rings. The number of benzene rings is 1. The fourth-order valence-corrected chi connectivity index (χ4v) is 2.95. The van der Waals surface area contributed by atoms with Gasteiger partial charge in [0.05, 0.1) is 6.04 Å². The maximum Gasteiger partial charge on any atom is 0.258 e. The Balaban J connectivity index is 0.00000242. The normalized spacial score (nSPS) is 16.4.